The second kappa shape index (κ2) is 10.2. The number of aliphatic imine (C=N–C) groups is 1. The predicted molar refractivity (Wildman–Crippen MR) is 128 cm³/mol. The number of anilines is 1. The Labute approximate surface area is 190 Å². The molecule has 7 heteroatoms. The molecule has 1 saturated carbocycles. The fraction of sp³-hybridized carbons (Fsp3) is 0.455. The molecule has 1 aliphatic carbocycles. The van der Waals surface area contributed by atoms with Gasteiger partial charge >= 0.3 is 0 Å². The third-order valence-electron chi connectivity index (χ3n) is 5.68. The lowest BCUT2D eigenvalue weighted by Gasteiger charge is -2.29. The largest absolute Gasteiger partial charge is 0.378 e. The number of nitrogens with zero attached hydrogens (tertiary/aromatic N) is 3. The lowest BCUT2D eigenvalue weighted by Crippen LogP contribution is -2.41. The van der Waals surface area contributed by atoms with E-state index in [1.807, 2.05) is 19.3 Å². The van der Waals surface area contributed by atoms with Gasteiger partial charge in [0.15, 0.2) is 5.96 Å². The topological polar surface area (TPSA) is 61.8 Å². The Balaban J connectivity index is 0.00000240. The van der Waals surface area contributed by atoms with E-state index in [1.165, 1.54) is 24.0 Å². The van der Waals surface area contributed by atoms with Gasteiger partial charge in [-0.1, -0.05) is 36.4 Å². The maximum absolute atomic E-state index is 5.47. The number of rotatable bonds is 6. The Morgan fingerprint density at radius 1 is 1.10 bits per heavy atom. The van der Waals surface area contributed by atoms with Gasteiger partial charge in [-0.05, 0) is 24.5 Å². The second-order valence-corrected chi connectivity index (χ2v) is 7.51. The summed E-state index contributed by atoms with van der Waals surface area (Å²) in [6.45, 7) is 4.88. The van der Waals surface area contributed by atoms with Crippen LogP contribution in [0.25, 0.3) is 0 Å². The van der Waals surface area contributed by atoms with Crippen molar-refractivity contribution in [2.45, 2.75) is 24.8 Å². The molecule has 29 heavy (non-hydrogen) atoms. The molecule has 0 spiro atoms. The molecule has 0 bridgehead atoms. The first kappa shape index (κ1) is 21.8. The predicted octanol–water partition coefficient (Wildman–Crippen LogP) is 2.93. The molecule has 1 saturated heterocycles. The van der Waals surface area contributed by atoms with Gasteiger partial charge in [0.25, 0.3) is 0 Å². The maximum Gasteiger partial charge on any atom is 0.191 e. The van der Waals surface area contributed by atoms with Gasteiger partial charge in [0, 0.05) is 50.4 Å². The Morgan fingerprint density at radius 3 is 2.55 bits per heavy atom. The van der Waals surface area contributed by atoms with Gasteiger partial charge in [-0.3, -0.25) is 4.99 Å². The molecule has 1 aromatic carbocycles. The third kappa shape index (κ3) is 5.39. The zero-order chi connectivity index (χ0) is 19.2. The Hall–Kier alpha value is -1.87. The number of ether oxygens (including phenoxy) is 1. The first-order valence-electron chi connectivity index (χ1n) is 10.1. The summed E-state index contributed by atoms with van der Waals surface area (Å²) >= 11 is 0. The summed E-state index contributed by atoms with van der Waals surface area (Å²) in [6.07, 6.45) is 4.31. The number of halogens is 1. The molecule has 0 atom stereocenters. The van der Waals surface area contributed by atoms with Crippen molar-refractivity contribution >= 4 is 35.8 Å². The smallest absolute Gasteiger partial charge is 0.191 e. The summed E-state index contributed by atoms with van der Waals surface area (Å²) in [5.41, 5.74) is 2.85. The van der Waals surface area contributed by atoms with E-state index in [0.29, 0.717) is 6.54 Å². The Kier molecular flexibility index (Phi) is 7.71. The van der Waals surface area contributed by atoms with Crippen LogP contribution in [0.5, 0.6) is 0 Å². The molecule has 156 valence electrons. The van der Waals surface area contributed by atoms with Crippen LogP contribution in [0, 0.1) is 0 Å². The standard InChI is InChI=1S/C22H29N5O.HI/c1-23-21(26-17-22(9-10-22)19-7-3-2-4-8-19)25-16-18-6-5-11-24-20(18)27-12-14-28-15-13-27;/h2-8,11H,9-10,12-17H2,1H3,(H2,23,25,26);1H. The van der Waals surface area contributed by atoms with Gasteiger partial charge < -0.3 is 20.3 Å². The zero-order valence-corrected chi connectivity index (χ0v) is 19.3. The summed E-state index contributed by atoms with van der Waals surface area (Å²) in [5.74, 6) is 1.87. The van der Waals surface area contributed by atoms with E-state index in [1.54, 1.807) is 0 Å². The third-order valence-corrected chi connectivity index (χ3v) is 5.68. The minimum Gasteiger partial charge on any atom is -0.378 e. The molecule has 2 aromatic rings. The summed E-state index contributed by atoms with van der Waals surface area (Å²) < 4.78 is 5.47. The van der Waals surface area contributed by atoms with Crippen molar-refractivity contribution < 1.29 is 4.74 Å². The average Bonchev–Trinajstić information content (AvgIpc) is 3.57. The van der Waals surface area contributed by atoms with Crippen LogP contribution in [-0.2, 0) is 16.7 Å². The van der Waals surface area contributed by atoms with Gasteiger partial charge in [0.05, 0.1) is 13.2 Å². The summed E-state index contributed by atoms with van der Waals surface area (Å²) in [7, 11) is 1.82. The quantitative estimate of drug-likeness (QED) is 0.358. The van der Waals surface area contributed by atoms with Gasteiger partial charge in [0.2, 0.25) is 0 Å². The van der Waals surface area contributed by atoms with Crippen LogP contribution < -0.4 is 15.5 Å². The van der Waals surface area contributed by atoms with E-state index in [4.69, 9.17) is 4.74 Å². The first-order valence-corrected chi connectivity index (χ1v) is 10.1. The number of guanidine groups is 1. The fourth-order valence-electron chi connectivity index (χ4n) is 3.79. The SMILES string of the molecule is CN=C(NCc1cccnc1N1CCOCC1)NCC1(c2ccccc2)CC1.I. The highest BCUT2D eigenvalue weighted by Crippen LogP contribution is 2.47. The van der Waals surface area contributed by atoms with Gasteiger partial charge in [-0.2, -0.15) is 0 Å². The van der Waals surface area contributed by atoms with E-state index in [9.17, 15) is 0 Å². The molecule has 0 unspecified atom stereocenters. The van der Waals surface area contributed by atoms with Crippen LogP contribution in [-0.4, -0.2) is 50.8 Å². The van der Waals surface area contributed by atoms with Gasteiger partial charge in [0.1, 0.15) is 5.82 Å². The number of aromatic nitrogens is 1. The lowest BCUT2D eigenvalue weighted by atomic mass is 9.96. The van der Waals surface area contributed by atoms with Crippen molar-refractivity contribution in [1.29, 1.82) is 0 Å². The monoisotopic (exact) mass is 507 g/mol. The highest BCUT2D eigenvalue weighted by atomic mass is 127. The molecule has 0 amide bonds. The normalized spacial score (nSPS) is 18.0. The van der Waals surface area contributed by atoms with E-state index in [-0.39, 0.29) is 29.4 Å². The fourth-order valence-corrected chi connectivity index (χ4v) is 3.79. The van der Waals surface area contributed by atoms with Gasteiger partial charge in [-0.25, -0.2) is 4.98 Å². The molecule has 0 radical (unpaired) electrons. The van der Waals surface area contributed by atoms with Crippen molar-refractivity contribution in [1.82, 2.24) is 15.6 Å². The maximum atomic E-state index is 5.47. The molecule has 2 N–H and O–H groups in total. The van der Waals surface area contributed by atoms with Gasteiger partial charge in [-0.15, -0.1) is 24.0 Å². The molecular formula is C22H30IN5O. The molecule has 1 aliphatic heterocycles. The summed E-state index contributed by atoms with van der Waals surface area (Å²) in [6, 6.07) is 14.9. The number of nitrogens with one attached hydrogen (secondary N) is 2. The summed E-state index contributed by atoms with van der Waals surface area (Å²) in [4.78, 5) is 11.3. The minimum atomic E-state index is 0. The minimum absolute atomic E-state index is 0. The van der Waals surface area contributed by atoms with Crippen LogP contribution in [0.15, 0.2) is 53.7 Å². The Morgan fingerprint density at radius 2 is 1.86 bits per heavy atom. The number of hydrogen-bond acceptors (Lipinski definition) is 4. The zero-order valence-electron chi connectivity index (χ0n) is 16.9. The van der Waals surface area contributed by atoms with Crippen molar-refractivity contribution in [2.24, 2.45) is 4.99 Å². The van der Waals surface area contributed by atoms with Crippen LogP contribution in [0.2, 0.25) is 0 Å². The average molecular weight is 507 g/mol. The van der Waals surface area contributed by atoms with E-state index >= 15 is 0 Å². The highest BCUT2D eigenvalue weighted by Gasteiger charge is 2.44. The van der Waals surface area contributed by atoms with E-state index in [2.05, 4.69) is 61.9 Å². The van der Waals surface area contributed by atoms with Crippen LogP contribution in [0.3, 0.4) is 0 Å². The molecular weight excluding hydrogens is 477 g/mol. The molecule has 2 aliphatic rings. The van der Waals surface area contributed by atoms with Crippen LogP contribution >= 0.6 is 24.0 Å². The molecule has 4 rings (SSSR count). The highest BCUT2D eigenvalue weighted by molar-refractivity contribution is 14.0. The van der Waals surface area contributed by atoms with Crippen LogP contribution in [0.4, 0.5) is 5.82 Å². The first-order chi connectivity index (χ1) is 13.8. The van der Waals surface area contributed by atoms with Crippen molar-refractivity contribution in [2.75, 3.05) is 44.8 Å². The number of hydrogen-bond donors (Lipinski definition) is 2. The molecule has 1 aromatic heterocycles. The number of pyridine rings is 1. The number of benzene rings is 1. The molecule has 2 fully saturated rings. The van der Waals surface area contributed by atoms with Crippen molar-refractivity contribution in [3.05, 3.63) is 59.8 Å². The Bertz CT molecular complexity index is 804. The van der Waals surface area contributed by atoms with E-state index < -0.39 is 0 Å². The second-order valence-electron chi connectivity index (χ2n) is 7.51. The van der Waals surface area contributed by atoms with Crippen LogP contribution in [0.1, 0.15) is 24.0 Å². The van der Waals surface area contributed by atoms with E-state index in [0.717, 1.165) is 44.6 Å². The van der Waals surface area contributed by atoms with Crippen molar-refractivity contribution in [3.8, 4) is 0 Å². The number of morpholine rings is 1. The molecule has 6 nitrogen and oxygen atoms in total. The molecule has 2 heterocycles. The summed E-state index contributed by atoms with van der Waals surface area (Å²) in [5, 5.41) is 6.98. The lowest BCUT2D eigenvalue weighted by molar-refractivity contribution is 0.122. The van der Waals surface area contributed by atoms with Crippen molar-refractivity contribution in [3.63, 3.8) is 0 Å².